The van der Waals surface area contributed by atoms with E-state index in [4.69, 9.17) is 0 Å². The predicted molar refractivity (Wildman–Crippen MR) is 22.8 cm³/mol. The van der Waals surface area contributed by atoms with Gasteiger partial charge in [-0.2, -0.15) is 0 Å². The van der Waals surface area contributed by atoms with Crippen LogP contribution in [0.5, 0.6) is 0 Å². The van der Waals surface area contributed by atoms with Gasteiger partial charge in [0.25, 0.3) is 0 Å². The normalized spacial score (nSPS) is 9.00. The summed E-state index contributed by atoms with van der Waals surface area (Å²) in [7, 11) is -5.17. The molecular weight excluding hydrogens is 227 g/mol. The van der Waals surface area contributed by atoms with Gasteiger partial charge in [-0.25, -0.2) is 0 Å². The molecule has 0 aromatic heterocycles. The average Bonchev–Trinajstić information content (AvgIpc) is 1.62. The maximum absolute atomic E-state index is 9.91. The minimum Gasteiger partial charge on any atom is -0.780 e. The van der Waals surface area contributed by atoms with E-state index < -0.39 is 20.3 Å². The molecule has 0 unspecified atom stereocenters. The van der Waals surface area contributed by atoms with Gasteiger partial charge in [-0.05, 0) is 0 Å². The largest absolute Gasteiger partial charge is 1.00 e. The summed E-state index contributed by atoms with van der Waals surface area (Å²) in [4.78, 5) is 29.1. The Hall–Kier alpha value is 2.85. The van der Waals surface area contributed by atoms with E-state index in [9.17, 15) is 19.1 Å². The molecule has 54 valence electrons. The first-order valence-corrected chi connectivity index (χ1v) is 3.36. The first-order valence-electron chi connectivity index (χ1n) is 1.90. The zero-order valence-corrected chi connectivity index (χ0v) is 13.4. The number of carbonyl (C=O) groups excluding carboxylic acids is 1. The maximum atomic E-state index is 9.91. The average molecular weight is 231 g/mol. The summed E-state index contributed by atoms with van der Waals surface area (Å²) in [6.45, 7) is -0.617. The van der Waals surface area contributed by atoms with E-state index in [1.807, 2.05) is 0 Å². The fourth-order valence-corrected chi connectivity index (χ4v) is 0.486. The molecule has 0 aromatic rings. The molecule has 0 saturated heterocycles. The van der Waals surface area contributed by atoms with Crippen LogP contribution in [-0.4, -0.2) is 12.5 Å². The quantitative estimate of drug-likeness (QED) is 0.372. The second kappa shape index (κ2) is 9.41. The van der Waals surface area contributed by atoms with Gasteiger partial charge in [0.15, 0.2) is 0 Å². The van der Waals surface area contributed by atoms with Gasteiger partial charge in [-0.1, -0.05) is 0 Å². The number of phosphoric acid groups is 1. The molecule has 0 aliphatic heterocycles. The Morgan fingerprint density at radius 1 is 1.45 bits per heavy atom. The third-order valence-electron chi connectivity index (χ3n) is 0.380. The van der Waals surface area contributed by atoms with Crippen LogP contribution < -0.4 is 118 Å². The molecule has 0 aliphatic rings. The number of phosphoric ester groups is 1. The first kappa shape index (κ1) is 19.4. The Bertz CT molecular complexity index is 157. The van der Waals surface area contributed by atoms with Crippen molar-refractivity contribution < 1.29 is 126 Å². The number of nitrogens with two attached hydrogens (primary N) is 1. The third-order valence-corrected chi connectivity index (χ3v) is 0.808. The van der Waals surface area contributed by atoms with Crippen molar-refractivity contribution in [1.82, 2.24) is 0 Å². The van der Waals surface area contributed by atoms with Gasteiger partial charge >= 0.3 is 109 Å². The molecule has 0 aliphatic carbocycles. The van der Waals surface area contributed by atoms with Crippen LogP contribution in [0, 0.1) is 0 Å². The second-order valence-corrected chi connectivity index (χ2v) is 2.19. The zero-order valence-electron chi connectivity index (χ0n) is 6.27. The summed E-state index contributed by atoms with van der Waals surface area (Å²) >= 11 is 0. The van der Waals surface area contributed by atoms with Crippen LogP contribution in [0.15, 0.2) is 0 Å². The number of hydrogen-bond donors (Lipinski definition) is 1. The van der Waals surface area contributed by atoms with E-state index in [0.29, 0.717) is 0 Å². The Morgan fingerprint density at radius 2 is 1.82 bits per heavy atom. The molecule has 0 rings (SSSR count). The zero-order chi connectivity index (χ0) is 7.49. The molecule has 0 radical (unpaired) electrons. The van der Waals surface area contributed by atoms with Gasteiger partial charge < -0.3 is 24.6 Å². The number of rotatable bonds is 2. The van der Waals surface area contributed by atoms with E-state index in [1.54, 1.807) is 0 Å². The van der Waals surface area contributed by atoms with Crippen molar-refractivity contribution in [1.29, 1.82) is 0 Å². The van der Waals surface area contributed by atoms with Crippen LogP contribution >= 0.6 is 7.82 Å². The molecule has 0 saturated carbocycles. The molecule has 0 spiro atoms. The first-order chi connectivity index (χ1) is 3.95. The minimum absolute atomic E-state index is 0. The molecular formula is C2H4K2NO5P. The standard InChI is InChI=1S/C2H6NO5P.2K/c3-1-2(4)8-9(5,6)7;;/h1,3H2,(H2,5,6,7);;/q;2*+1/p-2. The van der Waals surface area contributed by atoms with E-state index in [-0.39, 0.29) is 103 Å². The van der Waals surface area contributed by atoms with Crippen LogP contribution in [0.1, 0.15) is 0 Å². The number of carbonyl (C=O) groups is 1. The van der Waals surface area contributed by atoms with Crippen LogP contribution in [-0.2, 0) is 13.9 Å². The van der Waals surface area contributed by atoms with Crippen molar-refractivity contribution in [3.05, 3.63) is 0 Å². The molecule has 0 aromatic carbocycles. The van der Waals surface area contributed by atoms with E-state index >= 15 is 0 Å². The topological polar surface area (TPSA) is 116 Å². The van der Waals surface area contributed by atoms with Gasteiger partial charge in [0.05, 0.1) is 6.54 Å². The molecule has 0 bridgehead atoms. The fraction of sp³-hybridized carbons (Fsp3) is 0.500. The Labute approximate surface area is 149 Å². The summed E-state index contributed by atoms with van der Waals surface area (Å²) in [5.41, 5.74) is 4.61. The van der Waals surface area contributed by atoms with Crippen molar-refractivity contribution in [2.24, 2.45) is 5.73 Å². The second-order valence-electron chi connectivity index (χ2n) is 1.11. The van der Waals surface area contributed by atoms with Gasteiger partial charge in [-0.15, -0.1) is 0 Å². The minimum atomic E-state index is -5.17. The van der Waals surface area contributed by atoms with Crippen molar-refractivity contribution in [3.8, 4) is 0 Å². The summed E-state index contributed by atoms with van der Waals surface area (Å²) in [6.07, 6.45) is 0. The van der Waals surface area contributed by atoms with Crippen LogP contribution in [0.3, 0.4) is 0 Å². The van der Waals surface area contributed by atoms with Gasteiger partial charge in [0.1, 0.15) is 7.82 Å². The predicted octanol–water partition coefficient (Wildman–Crippen LogP) is -8.68. The molecule has 6 nitrogen and oxygen atoms in total. The van der Waals surface area contributed by atoms with Crippen molar-refractivity contribution in [2.75, 3.05) is 6.54 Å². The number of hydrogen-bond acceptors (Lipinski definition) is 6. The summed E-state index contributed by atoms with van der Waals surface area (Å²) < 4.78 is 12.8. The summed E-state index contributed by atoms with van der Waals surface area (Å²) in [6, 6.07) is 0. The molecule has 0 atom stereocenters. The van der Waals surface area contributed by atoms with E-state index in [0.717, 1.165) is 0 Å². The molecule has 11 heavy (non-hydrogen) atoms. The van der Waals surface area contributed by atoms with Crippen LogP contribution in [0.4, 0.5) is 0 Å². The van der Waals surface area contributed by atoms with Crippen molar-refractivity contribution >= 4 is 13.8 Å². The monoisotopic (exact) mass is 231 g/mol. The van der Waals surface area contributed by atoms with E-state index in [2.05, 4.69) is 10.3 Å². The van der Waals surface area contributed by atoms with Crippen LogP contribution in [0.2, 0.25) is 0 Å². The Morgan fingerprint density at radius 3 is 1.91 bits per heavy atom. The molecule has 2 N–H and O–H groups in total. The third kappa shape index (κ3) is 15.6. The Kier molecular flexibility index (Phi) is 16.6. The SMILES string of the molecule is NCC(=O)OP(=O)([O-])[O-].[K+].[K+]. The fourth-order valence-electron chi connectivity index (χ4n) is 0.162. The molecule has 0 heterocycles. The molecule has 0 amide bonds. The van der Waals surface area contributed by atoms with Gasteiger partial charge in [0, 0.05) is 0 Å². The molecule has 9 heteroatoms. The van der Waals surface area contributed by atoms with Crippen molar-refractivity contribution in [2.45, 2.75) is 0 Å². The summed E-state index contributed by atoms with van der Waals surface area (Å²) in [5, 5.41) is 0. The van der Waals surface area contributed by atoms with E-state index in [1.165, 1.54) is 0 Å². The van der Waals surface area contributed by atoms with Crippen LogP contribution in [0.25, 0.3) is 0 Å². The smallest absolute Gasteiger partial charge is 0.780 e. The summed E-state index contributed by atoms with van der Waals surface area (Å²) in [5.74, 6) is -1.25. The van der Waals surface area contributed by atoms with Gasteiger partial charge in [0.2, 0.25) is 0 Å². The van der Waals surface area contributed by atoms with Crippen molar-refractivity contribution in [3.63, 3.8) is 0 Å². The molecule has 0 fully saturated rings. The maximum Gasteiger partial charge on any atom is 1.00 e. The Balaban J connectivity index is -0.000000320. The van der Waals surface area contributed by atoms with Gasteiger partial charge in [-0.3, -0.25) is 4.79 Å².